The second-order valence-corrected chi connectivity index (χ2v) is 3.14. The lowest BCUT2D eigenvalue weighted by Crippen LogP contribution is -2.24. The third-order valence-electron chi connectivity index (χ3n) is 2.13. The largest absolute Gasteiger partial charge is 0.362 e. The van der Waals surface area contributed by atoms with E-state index in [9.17, 15) is 4.39 Å². The van der Waals surface area contributed by atoms with Crippen molar-refractivity contribution >= 4 is 0 Å². The van der Waals surface area contributed by atoms with Crippen LogP contribution < -0.4 is 5.32 Å². The maximum atomic E-state index is 12.6. The van der Waals surface area contributed by atoms with E-state index in [4.69, 9.17) is 4.74 Å². The first-order chi connectivity index (χ1) is 6.34. The molecule has 1 aliphatic heterocycles. The summed E-state index contributed by atoms with van der Waals surface area (Å²) >= 11 is 0. The maximum Gasteiger partial charge on any atom is 0.123 e. The number of ether oxygens (including phenoxy) is 1. The molecule has 0 spiro atoms. The van der Waals surface area contributed by atoms with Gasteiger partial charge in [-0.25, -0.2) is 4.39 Å². The Bertz CT molecular complexity index is 267. The zero-order valence-corrected chi connectivity index (χ0v) is 7.29. The predicted octanol–water partition coefficient (Wildman–Crippen LogP) is 1.31. The highest BCUT2D eigenvalue weighted by atomic mass is 19.1. The smallest absolute Gasteiger partial charge is 0.123 e. The Morgan fingerprint density at radius 3 is 2.77 bits per heavy atom. The molecule has 13 heavy (non-hydrogen) atoms. The fourth-order valence-corrected chi connectivity index (χ4v) is 1.45. The fourth-order valence-electron chi connectivity index (χ4n) is 1.45. The van der Waals surface area contributed by atoms with E-state index in [0.29, 0.717) is 0 Å². The Balaban J connectivity index is 1.97. The van der Waals surface area contributed by atoms with E-state index in [1.165, 1.54) is 12.1 Å². The van der Waals surface area contributed by atoms with Crippen LogP contribution in [0.1, 0.15) is 5.56 Å². The normalized spacial score (nSPS) is 22.1. The highest BCUT2D eigenvalue weighted by molar-refractivity contribution is 5.16. The van der Waals surface area contributed by atoms with Crippen molar-refractivity contribution in [3.05, 3.63) is 35.6 Å². The van der Waals surface area contributed by atoms with Gasteiger partial charge in [0.25, 0.3) is 0 Å². The topological polar surface area (TPSA) is 21.3 Å². The third kappa shape index (κ3) is 2.26. The van der Waals surface area contributed by atoms with Gasteiger partial charge in [-0.2, -0.15) is 0 Å². The lowest BCUT2D eigenvalue weighted by atomic mass is 10.1. The lowest BCUT2D eigenvalue weighted by molar-refractivity contribution is 0.102. The molecule has 1 aromatic carbocycles. The molecule has 1 heterocycles. The molecule has 0 aromatic heterocycles. The number of rotatable bonds is 2. The predicted molar refractivity (Wildman–Crippen MR) is 47.8 cm³/mol. The fraction of sp³-hybridized carbons (Fsp3) is 0.400. The molecular formula is C10H12FNO. The Hall–Kier alpha value is -0.930. The molecule has 2 nitrogen and oxygen atoms in total. The molecule has 70 valence electrons. The summed E-state index contributed by atoms with van der Waals surface area (Å²) in [5.41, 5.74) is 1.10. The molecule has 1 unspecified atom stereocenters. The van der Waals surface area contributed by atoms with Crippen LogP contribution in [-0.4, -0.2) is 19.4 Å². The van der Waals surface area contributed by atoms with Gasteiger partial charge in [-0.05, 0) is 17.7 Å². The van der Waals surface area contributed by atoms with Crippen LogP contribution in [0.25, 0.3) is 0 Å². The monoisotopic (exact) mass is 181 g/mol. The van der Waals surface area contributed by atoms with Crippen LogP contribution >= 0.6 is 0 Å². The molecule has 3 heteroatoms. The summed E-state index contributed by atoms with van der Waals surface area (Å²) in [7, 11) is 0. The first kappa shape index (κ1) is 8.66. The highest BCUT2D eigenvalue weighted by Gasteiger charge is 2.14. The molecule has 0 bridgehead atoms. The summed E-state index contributed by atoms with van der Waals surface area (Å²) < 4.78 is 17.9. The van der Waals surface area contributed by atoms with Crippen molar-refractivity contribution in [2.45, 2.75) is 12.6 Å². The van der Waals surface area contributed by atoms with Crippen LogP contribution in [0.4, 0.5) is 4.39 Å². The van der Waals surface area contributed by atoms with Gasteiger partial charge < -0.3 is 4.74 Å². The van der Waals surface area contributed by atoms with Crippen LogP contribution in [0.15, 0.2) is 24.3 Å². The Kier molecular flexibility index (Phi) is 2.57. The summed E-state index contributed by atoms with van der Waals surface area (Å²) in [5.74, 6) is -0.191. The molecule has 2 rings (SSSR count). The van der Waals surface area contributed by atoms with E-state index < -0.39 is 0 Å². The van der Waals surface area contributed by atoms with Crippen molar-refractivity contribution in [1.82, 2.24) is 5.32 Å². The van der Waals surface area contributed by atoms with Gasteiger partial charge in [0.05, 0.1) is 6.61 Å². The molecule has 1 atom stereocenters. The van der Waals surface area contributed by atoms with Crippen LogP contribution in [0.2, 0.25) is 0 Å². The van der Waals surface area contributed by atoms with Gasteiger partial charge in [0.1, 0.15) is 12.0 Å². The molecular weight excluding hydrogens is 169 g/mol. The standard InChI is InChI=1S/C10H12FNO/c11-9-3-1-8(2-4-9)7-10-12-5-6-13-10/h1-4,10,12H,5-7H2. The molecule has 0 radical (unpaired) electrons. The average Bonchev–Trinajstić information content (AvgIpc) is 2.62. The molecule has 0 saturated carbocycles. The summed E-state index contributed by atoms with van der Waals surface area (Å²) in [6, 6.07) is 6.53. The van der Waals surface area contributed by atoms with E-state index >= 15 is 0 Å². The van der Waals surface area contributed by atoms with Crippen LogP contribution in [0.3, 0.4) is 0 Å². The quantitative estimate of drug-likeness (QED) is 0.742. The van der Waals surface area contributed by atoms with Crippen molar-refractivity contribution in [1.29, 1.82) is 0 Å². The average molecular weight is 181 g/mol. The number of hydrogen-bond donors (Lipinski definition) is 1. The van der Waals surface area contributed by atoms with Gasteiger partial charge in [-0.3, -0.25) is 5.32 Å². The third-order valence-corrected chi connectivity index (χ3v) is 2.13. The van der Waals surface area contributed by atoms with Gasteiger partial charge in [0.15, 0.2) is 0 Å². The van der Waals surface area contributed by atoms with Gasteiger partial charge in [-0.1, -0.05) is 12.1 Å². The van der Waals surface area contributed by atoms with Gasteiger partial charge >= 0.3 is 0 Å². The van der Waals surface area contributed by atoms with Crippen molar-refractivity contribution < 1.29 is 9.13 Å². The Morgan fingerprint density at radius 2 is 2.15 bits per heavy atom. The van der Waals surface area contributed by atoms with Crippen molar-refractivity contribution in [3.8, 4) is 0 Å². The minimum absolute atomic E-state index is 0.102. The maximum absolute atomic E-state index is 12.6. The summed E-state index contributed by atoms with van der Waals surface area (Å²) in [6.45, 7) is 1.68. The van der Waals surface area contributed by atoms with Crippen LogP contribution in [0, 0.1) is 5.82 Å². The number of hydrogen-bond acceptors (Lipinski definition) is 2. The molecule has 0 aliphatic carbocycles. The SMILES string of the molecule is Fc1ccc(CC2NCCO2)cc1. The molecule has 1 fully saturated rings. The Labute approximate surface area is 76.7 Å². The summed E-state index contributed by atoms with van der Waals surface area (Å²) in [6.07, 6.45) is 0.908. The highest BCUT2D eigenvalue weighted by Crippen LogP contribution is 2.08. The molecule has 1 N–H and O–H groups in total. The van der Waals surface area contributed by atoms with Crippen molar-refractivity contribution in [3.63, 3.8) is 0 Å². The molecule has 0 amide bonds. The Morgan fingerprint density at radius 1 is 1.38 bits per heavy atom. The lowest BCUT2D eigenvalue weighted by Gasteiger charge is -2.09. The molecule has 1 aliphatic rings. The zero-order chi connectivity index (χ0) is 9.10. The summed E-state index contributed by atoms with van der Waals surface area (Å²) in [4.78, 5) is 0. The first-order valence-corrected chi connectivity index (χ1v) is 4.44. The minimum Gasteiger partial charge on any atom is -0.362 e. The van der Waals surface area contributed by atoms with Crippen LogP contribution in [0.5, 0.6) is 0 Å². The van der Waals surface area contributed by atoms with Crippen molar-refractivity contribution in [2.75, 3.05) is 13.2 Å². The van der Waals surface area contributed by atoms with E-state index in [1.807, 2.05) is 0 Å². The van der Waals surface area contributed by atoms with E-state index in [2.05, 4.69) is 5.32 Å². The van der Waals surface area contributed by atoms with Gasteiger partial charge in [-0.15, -0.1) is 0 Å². The summed E-state index contributed by atoms with van der Waals surface area (Å²) in [5, 5.41) is 3.20. The van der Waals surface area contributed by atoms with Crippen LogP contribution in [-0.2, 0) is 11.2 Å². The second kappa shape index (κ2) is 3.85. The van der Waals surface area contributed by atoms with Crippen molar-refractivity contribution in [2.24, 2.45) is 0 Å². The number of benzene rings is 1. The second-order valence-electron chi connectivity index (χ2n) is 3.14. The number of nitrogens with one attached hydrogen (secondary N) is 1. The van der Waals surface area contributed by atoms with Gasteiger partial charge in [0.2, 0.25) is 0 Å². The van der Waals surface area contributed by atoms with Gasteiger partial charge in [0, 0.05) is 13.0 Å². The van der Waals surface area contributed by atoms with E-state index in [1.54, 1.807) is 12.1 Å². The zero-order valence-electron chi connectivity index (χ0n) is 7.29. The minimum atomic E-state index is -0.191. The number of halogens is 1. The van der Waals surface area contributed by atoms with E-state index in [0.717, 1.165) is 25.1 Å². The first-order valence-electron chi connectivity index (χ1n) is 4.44. The molecule has 1 saturated heterocycles. The molecule has 1 aromatic rings. The van der Waals surface area contributed by atoms with E-state index in [-0.39, 0.29) is 12.0 Å².